The lowest BCUT2D eigenvalue weighted by Gasteiger charge is -2.38. The zero-order valence-corrected chi connectivity index (χ0v) is 22.7. The fourth-order valence-electron chi connectivity index (χ4n) is 4.94. The van der Waals surface area contributed by atoms with Gasteiger partial charge in [0.15, 0.2) is 0 Å². The molecule has 1 fully saturated rings. The number of carbonyl (C=O) groups is 2. The number of hydrogen-bond acceptors (Lipinski definition) is 6. The fraction of sp³-hybridized carbons (Fsp3) is 0.387. The lowest BCUT2D eigenvalue weighted by atomic mass is 9.94. The number of nitrogens with one attached hydrogen (secondary N) is 1. The molecule has 2 aromatic carbocycles. The van der Waals surface area contributed by atoms with Crippen LogP contribution >= 0.6 is 0 Å². The second kappa shape index (κ2) is 11.0. The first-order valence-electron chi connectivity index (χ1n) is 13.5. The van der Waals surface area contributed by atoms with E-state index in [1.165, 1.54) is 0 Å². The third-order valence-electron chi connectivity index (χ3n) is 6.98. The van der Waals surface area contributed by atoms with E-state index in [-0.39, 0.29) is 17.9 Å². The number of para-hydroxylation sites is 1. The Labute approximate surface area is 229 Å². The Bertz CT molecular complexity index is 1300. The van der Waals surface area contributed by atoms with Crippen LogP contribution in [0.25, 0.3) is 0 Å². The molecular formula is C31H35N3O5. The highest BCUT2D eigenvalue weighted by Crippen LogP contribution is 2.40. The molecule has 0 aliphatic carbocycles. The van der Waals surface area contributed by atoms with Gasteiger partial charge in [0.25, 0.3) is 5.79 Å². The summed E-state index contributed by atoms with van der Waals surface area (Å²) in [6, 6.07) is 21.4. The van der Waals surface area contributed by atoms with Gasteiger partial charge in [-0.1, -0.05) is 48.5 Å². The Morgan fingerprint density at radius 3 is 2.41 bits per heavy atom. The molecule has 1 unspecified atom stereocenters. The molecule has 0 bridgehead atoms. The molecule has 3 heterocycles. The molecule has 1 atom stereocenters. The van der Waals surface area contributed by atoms with Crippen molar-refractivity contribution < 1.29 is 23.8 Å². The van der Waals surface area contributed by atoms with Gasteiger partial charge in [-0.2, -0.15) is 0 Å². The first-order valence-corrected chi connectivity index (χ1v) is 13.5. The summed E-state index contributed by atoms with van der Waals surface area (Å²) in [7, 11) is 0. The fourth-order valence-corrected chi connectivity index (χ4v) is 4.94. The van der Waals surface area contributed by atoms with Crippen LogP contribution in [0.1, 0.15) is 51.2 Å². The molecule has 2 amide bonds. The van der Waals surface area contributed by atoms with Gasteiger partial charge in [0.05, 0.1) is 11.9 Å². The number of likely N-dealkylation sites (tertiary alicyclic amines) is 1. The van der Waals surface area contributed by atoms with Crippen molar-refractivity contribution in [3.05, 3.63) is 84.1 Å². The van der Waals surface area contributed by atoms with Crippen LogP contribution < -0.4 is 14.8 Å². The summed E-state index contributed by atoms with van der Waals surface area (Å²) in [5, 5.41) is 2.96. The van der Waals surface area contributed by atoms with Crippen molar-refractivity contribution in [3.8, 4) is 11.6 Å². The smallest absolute Gasteiger partial charge is 0.410 e. The van der Waals surface area contributed by atoms with E-state index in [4.69, 9.17) is 14.2 Å². The Hall–Kier alpha value is -4.07. The molecule has 5 rings (SSSR count). The Morgan fingerprint density at radius 1 is 1.00 bits per heavy atom. The van der Waals surface area contributed by atoms with Gasteiger partial charge >= 0.3 is 6.09 Å². The minimum absolute atomic E-state index is 0.0812. The number of piperidine rings is 1. The van der Waals surface area contributed by atoms with Crippen molar-refractivity contribution in [2.24, 2.45) is 5.92 Å². The van der Waals surface area contributed by atoms with Crippen molar-refractivity contribution in [2.45, 2.75) is 57.8 Å². The number of ether oxygens (including phenoxy) is 3. The lowest BCUT2D eigenvalue weighted by molar-refractivity contribution is -0.138. The van der Waals surface area contributed by atoms with Gasteiger partial charge in [0.1, 0.15) is 11.4 Å². The third kappa shape index (κ3) is 6.33. The Balaban J connectivity index is 1.22. The number of carbonyl (C=O) groups excluding carboxylic acids is 2. The quantitative estimate of drug-likeness (QED) is 0.441. The van der Waals surface area contributed by atoms with Crippen molar-refractivity contribution in [2.75, 3.05) is 18.4 Å². The van der Waals surface area contributed by atoms with Crippen LogP contribution in [-0.4, -0.2) is 40.6 Å². The normalized spacial score (nSPS) is 19.4. The van der Waals surface area contributed by atoms with Gasteiger partial charge in [-0.3, -0.25) is 4.79 Å². The molecule has 3 aromatic rings. The number of amides is 2. The molecule has 39 heavy (non-hydrogen) atoms. The lowest BCUT2D eigenvalue weighted by Crippen LogP contribution is -2.43. The first kappa shape index (κ1) is 26.5. The van der Waals surface area contributed by atoms with Crippen LogP contribution in [-0.2, 0) is 21.7 Å². The number of anilines is 1. The molecule has 8 nitrogen and oxygen atoms in total. The molecule has 204 valence electrons. The summed E-state index contributed by atoms with van der Waals surface area (Å²) in [6.45, 7) is 6.51. The molecule has 2 aliphatic heterocycles. The third-order valence-corrected chi connectivity index (χ3v) is 6.98. The standard InChI is InChI=1S/C31H35N3O5/c1-30(2,3)39-29(36)34-19-16-23(17-20-34)28(35)33-25-13-14-27(32-21-25)38-31(24-10-5-4-6-11-24)18-15-22-9-7-8-12-26(22)37-31/h4-14,21,23H,15-20H2,1-3H3,(H,33,35). The number of nitrogens with zero attached hydrogens (tertiary/aromatic N) is 2. The molecule has 8 heteroatoms. The molecule has 0 spiro atoms. The number of aromatic nitrogens is 1. The van der Waals surface area contributed by atoms with Crippen molar-refractivity contribution in [1.29, 1.82) is 0 Å². The van der Waals surface area contributed by atoms with Gasteiger partial charge in [0, 0.05) is 37.1 Å². The number of rotatable bonds is 5. The number of benzene rings is 2. The van der Waals surface area contributed by atoms with Crippen LogP contribution in [0.3, 0.4) is 0 Å². The average molecular weight is 530 g/mol. The maximum atomic E-state index is 12.9. The van der Waals surface area contributed by atoms with Crippen LogP contribution in [0.15, 0.2) is 72.9 Å². The van der Waals surface area contributed by atoms with Crippen LogP contribution in [0, 0.1) is 5.92 Å². The molecule has 1 saturated heterocycles. The highest BCUT2D eigenvalue weighted by Gasteiger charge is 2.41. The molecule has 0 saturated carbocycles. The summed E-state index contributed by atoms with van der Waals surface area (Å²) < 4.78 is 18.3. The zero-order chi connectivity index (χ0) is 27.5. The van der Waals surface area contributed by atoms with Crippen molar-refractivity contribution in [3.63, 3.8) is 0 Å². The summed E-state index contributed by atoms with van der Waals surface area (Å²) in [5.41, 5.74) is 2.11. The largest absolute Gasteiger partial charge is 0.448 e. The van der Waals surface area contributed by atoms with Gasteiger partial charge in [-0.25, -0.2) is 9.78 Å². The number of hydrogen-bond donors (Lipinski definition) is 1. The highest BCUT2D eigenvalue weighted by atomic mass is 16.7. The Morgan fingerprint density at radius 2 is 1.72 bits per heavy atom. The van der Waals surface area contributed by atoms with Crippen LogP contribution in [0.5, 0.6) is 11.6 Å². The SMILES string of the molecule is CC(C)(C)OC(=O)N1CCC(C(=O)Nc2ccc(OC3(c4ccccc4)CCc4ccccc4O3)nc2)CC1. The van der Waals surface area contributed by atoms with Gasteiger partial charge in [-0.15, -0.1) is 0 Å². The second-order valence-electron chi connectivity index (χ2n) is 11.0. The topological polar surface area (TPSA) is 90.0 Å². The van der Waals surface area contributed by atoms with E-state index in [1.807, 2.05) is 69.3 Å². The number of aryl methyl sites for hydroxylation is 1. The molecule has 1 aromatic heterocycles. The Kier molecular flexibility index (Phi) is 7.46. The van der Waals surface area contributed by atoms with Gasteiger partial charge in [0.2, 0.25) is 11.8 Å². The van der Waals surface area contributed by atoms with E-state index >= 15 is 0 Å². The van der Waals surface area contributed by atoms with Crippen LogP contribution in [0.4, 0.5) is 10.5 Å². The zero-order valence-electron chi connectivity index (χ0n) is 22.7. The summed E-state index contributed by atoms with van der Waals surface area (Å²) in [5.74, 6) is -0.0646. The van der Waals surface area contributed by atoms with E-state index in [1.54, 1.807) is 23.2 Å². The van der Waals surface area contributed by atoms with Crippen molar-refractivity contribution >= 4 is 17.7 Å². The highest BCUT2D eigenvalue weighted by molar-refractivity contribution is 5.92. The van der Waals surface area contributed by atoms with E-state index in [2.05, 4.69) is 16.4 Å². The molecule has 0 radical (unpaired) electrons. The average Bonchev–Trinajstić information content (AvgIpc) is 2.94. The molecular weight excluding hydrogens is 494 g/mol. The van der Waals surface area contributed by atoms with Crippen molar-refractivity contribution in [1.82, 2.24) is 9.88 Å². The minimum atomic E-state index is -1.00. The van der Waals surface area contributed by atoms with E-state index in [0.717, 1.165) is 23.3 Å². The van der Waals surface area contributed by atoms with Gasteiger partial charge < -0.3 is 24.4 Å². The first-order chi connectivity index (χ1) is 18.7. The maximum Gasteiger partial charge on any atom is 0.410 e. The summed E-state index contributed by atoms with van der Waals surface area (Å²) in [4.78, 5) is 31.4. The molecule has 1 N–H and O–H groups in total. The number of pyridine rings is 1. The maximum absolute atomic E-state index is 12.9. The minimum Gasteiger partial charge on any atom is -0.448 e. The van der Waals surface area contributed by atoms with Crippen LogP contribution in [0.2, 0.25) is 0 Å². The monoisotopic (exact) mass is 529 g/mol. The second-order valence-corrected chi connectivity index (χ2v) is 11.0. The van der Waals surface area contributed by atoms with E-state index < -0.39 is 11.4 Å². The summed E-state index contributed by atoms with van der Waals surface area (Å²) in [6.07, 6.45) is 3.87. The predicted octanol–water partition coefficient (Wildman–Crippen LogP) is 5.92. The van der Waals surface area contributed by atoms with Gasteiger partial charge in [-0.05, 0) is 57.7 Å². The van der Waals surface area contributed by atoms with E-state index in [0.29, 0.717) is 43.9 Å². The molecule has 2 aliphatic rings. The number of fused-ring (bicyclic) bond motifs is 1. The predicted molar refractivity (Wildman–Crippen MR) is 148 cm³/mol. The van der Waals surface area contributed by atoms with E-state index in [9.17, 15) is 9.59 Å². The summed E-state index contributed by atoms with van der Waals surface area (Å²) >= 11 is 0.